The van der Waals surface area contributed by atoms with Crippen molar-refractivity contribution in [3.05, 3.63) is 76.6 Å². The highest BCUT2D eigenvalue weighted by Crippen LogP contribution is 2.36. The van der Waals surface area contributed by atoms with Crippen LogP contribution in [0, 0.1) is 6.92 Å². The van der Waals surface area contributed by atoms with E-state index in [0.29, 0.717) is 17.3 Å². The summed E-state index contributed by atoms with van der Waals surface area (Å²) < 4.78 is 80.3. The van der Waals surface area contributed by atoms with Crippen molar-refractivity contribution < 1.29 is 31.1 Å². The summed E-state index contributed by atoms with van der Waals surface area (Å²) in [6.07, 6.45) is -7.30. The number of hydrogen-bond acceptors (Lipinski definition) is 4. The molecular formula is C21H14F6N4OS. The number of aromatic nitrogens is 3. The number of nitrogens with zero attached hydrogens (tertiary/aromatic N) is 3. The van der Waals surface area contributed by atoms with Gasteiger partial charge in [0.25, 0.3) is 5.91 Å². The molecule has 4 aromatic rings. The molecule has 4 rings (SSSR count). The molecule has 0 atom stereocenters. The van der Waals surface area contributed by atoms with E-state index in [0.717, 1.165) is 15.8 Å². The van der Waals surface area contributed by atoms with Gasteiger partial charge in [0.1, 0.15) is 0 Å². The number of carbonyl (C=O) groups excluding carboxylic acids is 1. The molecule has 1 amide bonds. The SMILES string of the molecule is Cc1cccc2sc(-n3cc(C(=O)NCc4cc(C(F)(F)F)cc(C(F)(F)F)c4)cn3)nc12. The minimum absolute atomic E-state index is 0.0368. The van der Waals surface area contributed by atoms with E-state index in [4.69, 9.17) is 0 Å². The number of alkyl halides is 6. The van der Waals surface area contributed by atoms with Crippen LogP contribution < -0.4 is 5.32 Å². The molecule has 0 spiro atoms. The molecule has 2 aromatic carbocycles. The topological polar surface area (TPSA) is 59.8 Å². The first-order chi connectivity index (χ1) is 15.4. The molecule has 33 heavy (non-hydrogen) atoms. The summed E-state index contributed by atoms with van der Waals surface area (Å²) in [5.74, 6) is -0.704. The summed E-state index contributed by atoms with van der Waals surface area (Å²) in [4.78, 5) is 16.9. The summed E-state index contributed by atoms with van der Waals surface area (Å²) in [6.45, 7) is 1.38. The van der Waals surface area contributed by atoms with Gasteiger partial charge < -0.3 is 5.32 Å². The summed E-state index contributed by atoms with van der Waals surface area (Å²) in [5.41, 5.74) is -1.38. The Hall–Kier alpha value is -3.41. The Labute approximate surface area is 186 Å². The van der Waals surface area contributed by atoms with Gasteiger partial charge in [-0.3, -0.25) is 4.79 Å². The van der Waals surface area contributed by atoms with Gasteiger partial charge in [0.05, 0.1) is 33.1 Å². The lowest BCUT2D eigenvalue weighted by molar-refractivity contribution is -0.143. The third-order valence-corrected chi connectivity index (χ3v) is 5.76. The Balaban J connectivity index is 1.53. The second-order valence-electron chi connectivity index (χ2n) is 7.19. The lowest BCUT2D eigenvalue weighted by Gasteiger charge is -2.14. The van der Waals surface area contributed by atoms with E-state index in [1.54, 1.807) is 0 Å². The fraction of sp³-hybridized carbons (Fsp3) is 0.190. The summed E-state index contributed by atoms with van der Waals surface area (Å²) in [5, 5.41) is 6.92. The van der Waals surface area contributed by atoms with Crippen LogP contribution in [0.2, 0.25) is 0 Å². The molecule has 0 unspecified atom stereocenters. The molecule has 0 aliphatic rings. The number of carbonyl (C=O) groups is 1. The Kier molecular flexibility index (Phi) is 5.64. The summed E-state index contributed by atoms with van der Waals surface area (Å²) in [7, 11) is 0. The number of hydrogen-bond donors (Lipinski definition) is 1. The first kappa shape index (κ1) is 22.8. The van der Waals surface area contributed by atoms with Crippen molar-refractivity contribution in [2.24, 2.45) is 0 Å². The zero-order valence-corrected chi connectivity index (χ0v) is 17.6. The third kappa shape index (κ3) is 4.85. The van der Waals surface area contributed by atoms with Crippen molar-refractivity contribution in [2.45, 2.75) is 25.8 Å². The van der Waals surface area contributed by atoms with Crippen LogP contribution in [0.4, 0.5) is 26.3 Å². The zero-order valence-electron chi connectivity index (χ0n) is 16.8. The van der Waals surface area contributed by atoms with Crippen LogP contribution in [-0.2, 0) is 18.9 Å². The van der Waals surface area contributed by atoms with Crippen LogP contribution in [-0.4, -0.2) is 20.7 Å². The lowest BCUT2D eigenvalue weighted by atomic mass is 10.0. The monoisotopic (exact) mass is 484 g/mol. The van der Waals surface area contributed by atoms with Crippen LogP contribution in [0.5, 0.6) is 0 Å². The number of fused-ring (bicyclic) bond motifs is 1. The van der Waals surface area contributed by atoms with Gasteiger partial charge in [-0.2, -0.15) is 31.4 Å². The predicted molar refractivity (Wildman–Crippen MR) is 109 cm³/mol. The number of amides is 1. The average molecular weight is 484 g/mol. The number of nitrogens with one attached hydrogen (secondary N) is 1. The maximum atomic E-state index is 13.0. The number of aryl methyl sites for hydroxylation is 1. The predicted octanol–water partition coefficient (Wildman–Crippen LogP) is 5.76. The van der Waals surface area contributed by atoms with Crippen molar-refractivity contribution >= 4 is 27.5 Å². The van der Waals surface area contributed by atoms with Gasteiger partial charge in [0.2, 0.25) is 5.13 Å². The summed E-state index contributed by atoms with van der Waals surface area (Å²) in [6, 6.07) is 6.87. The maximum absolute atomic E-state index is 13.0. The minimum atomic E-state index is -4.96. The Morgan fingerprint density at radius 1 is 1.06 bits per heavy atom. The van der Waals surface area contributed by atoms with E-state index in [2.05, 4.69) is 15.4 Å². The van der Waals surface area contributed by atoms with E-state index in [1.807, 2.05) is 25.1 Å². The average Bonchev–Trinajstić information content (AvgIpc) is 3.38. The molecule has 0 bridgehead atoms. The van der Waals surface area contributed by atoms with Gasteiger partial charge >= 0.3 is 12.4 Å². The van der Waals surface area contributed by atoms with E-state index >= 15 is 0 Å². The van der Waals surface area contributed by atoms with Crippen LogP contribution in [0.3, 0.4) is 0 Å². The molecule has 0 saturated carbocycles. The van der Waals surface area contributed by atoms with Crippen LogP contribution in [0.1, 0.15) is 32.6 Å². The van der Waals surface area contributed by atoms with E-state index < -0.39 is 35.9 Å². The molecule has 0 fully saturated rings. The Bertz CT molecular complexity index is 1310. The lowest BCUT2D eigenvalue weighted by Crippen LogP contribution is -2.23. The Morgan fingerprint density at radius 2 is 1.73 bits per heavy atom. The highest BCUT2D eigenvalue weighted by molar-refractivity contribution is 7.20. The number of thiazole rings is 1. The van der Waals surface area contributed by atoms with Crippen molar-refractivity contribution in [1.29, 1.82) is 0 Å². The van der Waals surface area contributed by atoms with Gasteiger partial charge in [-0.05, 0) is 42.3 Å². The van der Waals surface area contributed by atoms with Crippen LogP contribution >= 0.6 is 11.3 Å². The second-order valence-corrected chi connectivity index (χ2v) is 8.20. The van der Waals surface area contributed by atoms with Gasteiger partial charge in [-0.1, -0.05) is 23.5 Å². The first-order valence-corrected chi connectivity index (χ1v) is 10.2. The van der Waals surface area contributed by atoms with E-state index in [1.165, 1.54) is 28.4 Å². The Morgan fingerprint density at radius 3 is 2.33 bits per heavy atom. The molecule has 2 aromatic heterocycles. The molecule has 0 aliphatic heterocycles. The molecule has 12 heteroatoms. The molecule has 5 nitrogen and oxygen atoms in total. The fourth-order valence-corrected chi connectivity index (χ4v) is 4.10. The van der Waals surface area contributed by atoms with Crippen LogP contribution in [0.25, 0.3) is 15.3 Å². The van der Waals surface area contributed by atoms with E-state index in [-0.39, 0.29) is 17.2 Å². The molecule has 0 saturated heterocycles. The highest BCUT2D eigenvalue weighted by atomic mass is 32.1. The van der Waals surface area contributed by atoms with Crippen molar-refractivity contribution in [3.8, 4) is 5.13 Å². The molecule has 2 heterocycles. The third-order valence-electron chi connectivity index (χ3n) is 4.75. The van der Waals surface area contributed by atoms with Gasteiger partial charge in [0.15, 0.2) is 0 Å². The van der Waals surface area contributed by atoms with Crippen molar-refractivity contribution in [2.75, 3.05) is 0 Å². The molecule has 0 aliphatic carbocycles. The largest absolute Gasteiger partial charge is 0.416 e. The van der Waals surface area contributed by atoms with Crippen LogP contribution in [0.15, 0.2) is 48.8 Å². The second kappa shape index (κ2) is 8.18. The van der Waals surface area contributed by atoms with Crippen molar-refractivity contribution in [1.82, 2.24) is 20.1 Å². The smallest absolute Gasteiger partial charge is 0.348 e. The molecule has 1 N–H and O–H groups in total. The van der Waals surface area contributed by atoms with Gasteiger partial charge in [-0.25, -0.2) is 9.67 Å². The number of benzene rings is 2. The highest BCUT2D eigenvalue weighted by Gasteiger charge is 2.36. The maximum Gasteiger partial charge on any atom is 0.416 e. The van der Waals surface area contributed by atoms with E-state index in [9.17, 15) is 31.1 Å². The molecule has 0 radical (unpaired) electrons. The number of halogens is 6. The fourth-order valence-electron chi connectivity index (χ4n) is 3.12. The minimum Gasteiger partial charge on any atom is -0.348 e. The van der Waals surface area contributed by atoms with Gasteiger partial charge in [0, 0.05) is 12.7 Å². The normalized spacial score (nSPS) is 12.3. The standard InChI is InChI=1S/C21H14F6N4OS/c1-11-3-2-4-16-17(11)30-19(33-16)31-10-13(9-29-31)18(32)28-8-12-5-14(20(22,23)24)7-15(6-12)21(25,26)27/h2-7,9-10H,8H2,1H3,(H,28,32). The van der Waals surface area contributed by atoms with Crippen molar-refractivity contribution in [3.63, 3.8) is 0 Å². The van der Waals surface area contributed by atoms with Gasteiger partial charge in [-0.15, -0.1) is 0 Å². The summed E-state index contributed by atoms with van der Waals surface area (Å²) >= 11 is 1.35. The number of rotatable bonds is 4. The number of para-hydroxylation sites is 1. The molecule has 172 valence electrons. The quantitative estimate of drug-likeness (QED) is 0.375. The first-order valence-electron chi connectivity index (χ1n) is 9.39. The zero-order chi connectivity index (χ0) is 24.0. The molecular weight excluding hydrogens is 470 g/mol.